The van der Waals surface area contributed by atoms with Crippen LogP contribution in [0.15, 0.2) is 41.4 Å². The first-order valence-corrected chi connectivity index (χ1v) is 10.5. The van der Waals surface area contributed by atoms with Gasteiger partial charge in [-0.15, -0.1) is 0 Å². The number of carbonyl (C=O) groups is 2. The summed E-state index contributed by atoms with van der Waals surface area (Å²) in [6.07, 6.45) is 3.20. The minimum atomic E-state index is -3.90. The van der Waals surface area contributed by atoms with E-state index < -0.39 is 15.9 Å². The molecule has 9 heteroatoms. The Hall–Kier alpha value is -2.65. The molecule has 2 amide bonds. The Morgan fingerprint density at radius 2 is 1.89 bits per heavy atom. The van der Waals surface area contributed by atoms with Crippen molar-refractivity contribution in [1.29, 1.82) is 0 Å². The van der Waals surface area contributed by atoms with E-state index in [4.69, 9.17) is 0 Å². The Morgan fingerprint density at radius 1 is 1.21 bits per heavy atom. The highest BCUT2D eigenvalue weighted by Gasteiger charge is 2.27. The number of hydrogen-bond donors (Lipinski definition) is 2. The summed E-state index contributed by atoms with van der Waals surface area (Å²) in [7, 11) is -2.57. The number of likely N-dealkylation sites (N-methyl/N-ethyl adjacent to an activating group) is 1. The van der Waals surface area contributed by atoms with E-state index in [0.29, 0.717) is 18.8 Å². The van der Waals surface area contributed by atoms with Gasteiger partial charge in [0.25, 0.3) is 5.91 Å². The predicted molar refractivity (Wildman–Crippen MR) is 106 cm³/mol. The van der Waals surface area contributed by atoms with Gasteiger partial charge in [0.2, 0.25) is 15.9 Å². The van der Waals surface area contributed by atoms with Crippen molar-refractivity contribution in [3.05, 3.63) is 47.8 Å². The lowest BCUT2D eigenvalue weighted by Crippen LogP contribution is -2.35. The van der Waals surface area contributed by atoms with Crippen LogP contribution in [0.1, 0.15) is 28.9 Å². The van der Waals surface area contributed by atoms with E-state index in [0.717, 1.165) is 22.7 Å². The van der Waals surface area contributed by atoms with Crippen LogP contribution in [-0.4, -0.2) is 61.1 Å². The molecule has 1 aromatic carbocycles. The maximum Gasteiger partial charge on any atom is 0.270 e. The first-order chi connectivity index (χ1) is 13.3. The third-order valence-corrected chi connectivity index (χ3v) is 6.55. The van der Waals surface area contributed by atoms with E-state index in [-0.39, 0.29) is 23.0 Å². The summed E-state index contributed by atoms with van der Waals surface area (Å²) >= 11 is 0. The number of aromatic nitrogens is 1. The van der Waals surface area contributed by atoms with E-state index in [1.807, 2.05) is 19.1 Å². The molecule has 1 aromatic heterocycles. The lowest BCUT2D eigenvalue weighted by molar-refractivity contribution is -0.116. The number of benzene rings is 1. The first kappa shape index (κ1) is 20.1. The van der Waals surface area contributed by atoms with Crippen molar-refractivity contribution in [3.63, 3.8) is 0 Å². The molecule has 2 aromatic rings. The number of hydrogen-bond acceptors (Lipinski definition) is 4. The number of carbonyl (C=O) groups excluding carboxylic acids is 2. The zero-order chi connectivity index (χ0) is 20.3. The van der Waals surface area contributed by atoms with Gasteiger partial charge in [0.15, 0.2) is 0 Å². The van der Waals surface area contributed by atoms with Crippen LogP contribution in [0.5, 0.6) is 0 Å². The molecule has 0 radical (unpaired) electrons. The second-order valence-corrected chi connectivity index (χ2v) is 8.92. The summed E-state index contributed by atoms with van der Waals surface area (Å²) in [6, 6.07) is 8.58. The number of amides is 2. The van der Waals surface area contributed by atoms with E-state index >= 15 is 0 Å². The summed E-state index contributed by atoms with van der Waals surface area (Å²) in [5, 5.41) is 2.71. The molecule has 28 heavy (non-hydrogen) atoms. The molecule has 1 aliphatic rings. The van der Waals surface area contributed by atoms with Crippen LogP contribution in [0.4, 0.5) is 5.69 Å². The Morgan fingerprint density at radius 3 is 2.57 bits per heavy atom. The summed E-state index contributed by atoms with van der Waals surface area (Å²) < 4.78 is 26.5. The van der Waals surface area contributed by atoms with Crippen LogP contribution in [0.25, 0.3) is 0 Å². The average molecular weight is 404 g/mol. The standard InChI is InChI=1S/C19H24N4O4S/c1-14-7-3-4-8-16(14)21-18(24)13-22(2)28(26,27)15-11-17(20-12-15)19(25)23-9-5-6-10-23/h3-4,7-8,11-12,20H,5-6,9-10,13H2,1-2H3,(H,21,24). The molecule has 1 saturated heterocycles. The molecule has 2 heterocycles. The van der Waals surface area contributed by atoms with Crippen LogP contribution < -0.4 is 5.32 Å². The van der Waals surface area contributed by atoms with Crippen LogP contribution in [0.3, 0.4) is 0 Å². The molecule has 150 valence electrons. The van der Waals surface area contributed by atoms with Gasteiger partial charge in [0, 0.05) is 32.0 Å². The number of nitrogens with zero attached hydrogens (tertiary/aromatic N) is 2. The van der Waals surface area contributed by atoms with Crippen molar-refractivity contribution in [2.24, 2.45) is 0 Å². The highest BCUT2D eigenvalue weighted by atomic mass is 32.2. The van der Waals surface area contributed by atoms with Crippen molar-refractivity contribution >= 4 is 27.5 Å². The van der Waals surface area contributed by atoms with Crippen LogP contribution in [-0.2, 0) is 14.8 Å². The first-order valence-electron chi connectivity index (χ1n) is 9.08. The average Bonchev–Trinajstić information content (AvgIpc) is 3.35. The smallest absolute Gasteiger partial charge is 0.270 e. The van der Waals surface area contributed by atoms with Gasteiger partial charge in [-0.2, -0.15) is 4.31 Å². The number of para-hydroxylation sites is 1. The number of nitrogens with one attached hydrogen (secondary N) is 2. The van der Waals surface area contributed by atoms with Gasteiger partial charge in [-0.3, -0.25) is 9.59 Å². The molecule has 1 fully saturated rings. The minimum absolute atomic E-state index is 0.0405. The van der Waals surface area contributed by atoms with Gasteiger partial charge in [0.1, 0.15) is 10.6 Å². The highest BCUT2D eigenvalue weighted by Crippen LogP contribution is 2.19. The fourth-order valence-electron chi connectivity index (χ4n) is 3.11. The topological polar surface area (TPSA) is 103 Å². The monoisotopic (exact) mass is 404 g/mol. The van der Waals surface area contributed by atoms with Gasteiger partial charge < -0.3 is 15.2 Å². The number of rotatable bonds is 6. The molecule has 0 spiro atoms. The molecule has 3 rings (SSSR count). The molecule has 0 bridgehead atoms. The quantitative estimate of drug-likeness (QED) is 0.766. The normalized spacial score (nSPS) is 14.5. The zero-order valence-electron chi connectivity index (χ0n) is 15.9. The largest absolute Gasteiger partial charge is 0.356 e. The molecule has 0 saturated carbocycles. The molecule has 0 atom stereocenters. The van der Waals surface area contributed by atoms with Crippen molar-refractivity contribution in [3.8, 4) is 0 Å². The lowest BCUT2D eigenvalue weighted by atomic mass is 10.2. The third-order valence-electron chi connectivity index (χ3n) is 4.77. The number of aryl methyl sites for hydroxylation is 1. The molecule has 8 nitrogen and oxygen atoms in total. The Kier molecular flexibility index (Phi) is 5.85. The fraction of sp³-hybridized carbons (Fsp3) is 0.368. The second-order valence-electron chi connectivity index (χ2n) is 6.87. The molecular formula is C19H24N4O4S. The van der Waals surface area contributed by atoms with E-state index in [1.165, 1.54) is 19.3 Å². The Labute approximate surface area is 164 Å². The Bertz CT molecular complexity index is 977. The SMILES string of the molecule is Cc1ccccc1NC(=O)CN(C)S(=O)(=O)c1c[nH]c(C(=O)N2CCCC2)c1. The third kappa shape index (κ3) is 4.26. The summed E-state index contributed by atoms with van der Waals surface area (Å²) in [6.45, 7) is 2.88. The number of H-pyrrole nitrogens is 1. The summed E-state index contributed by atoms with van der Waals surface area (Å²) in [4.78, 5) is 29.0. The van der Waals surface area contributed by atoms with Crippen LogP contribution >= 0.6 is 0 Å². The molecule has 2 N–H and O–H groups in total. The molecule has 0 unspecified atom stereocenters. The van der Waals surface area contributed by atoms with Crippen molar-refractivity contribution in [2.45, 2.75) is 24.7 Å². The van der Waals surface area contributed by atoms with Gasteiger partial charge in [-0.05, 0) is 37.5 Å². The number of likely N-dealkylation sites (tertiary alicyclic amines) is 1. The van der Waals surface area contributed by atoms with E-state index in [2.05, 4.69) is 10.3 Å². The number of sulfonamides is 1. The molecule has 0 aliphatic carbocycles. The van der Waals surface area contributed by atoms with Crippen LogP contribution in [0.2, 0.25) is 0 Å². The van der Waals surface area contributed by atoms with Crippen molar-refractivity contribution in [2.75, 3.05) is 32.0 Å². The lowest BCUT2D eigenvalue weighted by Gasteiger charge is -2.16. The van der Waals surface area contributed by atoms with Crippen molar-refractivity contribution in [1.82, 2.24) is 14.2 Å². The van der Waals surface area contributed by atoms with Gasteiger partial charge in [0.05, 0.1) is 6.54 Å². The maximum atomic E-state index is 12.7. The van der Waals surface area contributed by atoms with Gasteiger partial charge in [-0.25, -0.2) is 8.42 Å². The second kappa shape index (κ2) is 8.15. The van der Waals surface area contributed by atoms with E-state index in [9.17, 15) is 18.0 Å². The predicted octanol–water partition coefficient (Wildman–Crippen LogP) is 1.82. The highest BCUT2D eigenvalue weighted by molar-refractivity contribution is 7.89. The van der Waals surface area contributed by atoms with Gasteiger partial charge >= 0.3 is 0 Å². The van der Waals surface area contributed by atoms with E-state index in [1.54, 1.807) is 17.0 Å². The minimum Gasteiger partial charge on any atom is -0.356 e. The van der Waals surface area contributed by atoms with Crippen molar-refractivity contribution < 1.29 is 18.0 Å². The number of anilines is 1. The molecular weight excluding hydrogens is 380 g/mol. The van der Waals surface area contributed by atoms with Crippen LogP contribution in [0, 0.1) is 6.92 Å². The zero-order valence-corrected chi connectivity index (χ0v) is 16.8. The van der Waals surface area contributed by atoms with Gasteiger partial charge in [-0.1, -0.05) is 18.2 Å². The fourth-order valence-corrected chi connectivity index (χ4v) is 4.23. The summed E-state index contributed by atoms with van der Waals surface area (Å²) in [5.74, 6) is -0.650. The number of aromatic amines is 1. The molecule has 1 aliphatic heterocycles. The maximum absolute atomic E-state index is 12.7. The Balaban J connectivity index is 1.67. The summed E-state index contributed by atoms with van der Waals surface area (Å²) in [5.41, 5.74) is 1.76.